The van der Waals surface area contributed by atoms with Crippen molar-refractivity contribution in [3.63, 3.8) is 0 Å². The average Bonchev–Trinajstić information content (AvgIpc) is 2.78. The topological polar surface area (TPSA) is 85.1 Å². The lowest BCUT2D eigenvalue weighted by Crippen LogP contribution is -2.42. The Kier molecular flexibility index (Phi) is 5.93. The van der Waals surface area contributed by atoms with E-state index in [1.807, 2.05) is 36.4 Å². The van der Waals surface area contributed by atoms with Gasteiger partial charge in [0.2, 0.25) is 0 Å². The molecular weight excluding hydrogens is 378 g/mol. The number of carbonyl (C=O) groups excluding carboxylic acids is 2. The molecule has 1 heterocycles. The Bertz CT molecular complexity index is 1070. The number of anilines is 1. The molecule has 0 aliphatic heterocycles. The molecule has 0 bridgehead atoms. The first-order valence-corrected chi connectivity index (χ1v) is 10.4. The van der Waals surface area contributed by atoms with E-state index >= 15 is 0 Å². The monoisotopic (exact) mass is 403 g/mol. The molecule has 0 radical (unpaired) electrons. The van der Waals surface area contributed by atoms with Crippen molar-refractivity contribution in [2.45, 2.75) is 32.1 Å². The SMILES string of the molecule is O=C(Nc1ccc[n+]([O-])c1C(=O)NCC1CCCCC1)c1cccc2ccccc12. The summed E-state index contributed by atoms with van der Waals surface area (Å²) in [6.07, 6.45) is 7.06. The number of rotatable bonds is 5. The maximum Gasteiger partial charge on any atom is 0.319 e. The van der Waals surface area contributed by atoms with Gasteiger partial charge >= 0.3 is 11.6 Å². The number of pyridine rings is 1. The Morgan fingerprint density at radius 2 is 1.70 bits per heavy atom. The van der Waals surface area contributed by atoms with Crippen LogP contribution in [0.2, 0.25) is 0 Å². The summed E-state index contributed by atoms with van der Waals surface area (Å²) in [5.74, 6) is -0.385. The van der Waals surface area contributed by atoms with Gasteiger partial charge in [0, 0.05) is 18.2 Å². The number of fused-ring (bicyclic) bond motifs is 1. The molecule has 0 unspecified atom stereocenters. The van der Waals surface area contributed by atoms with Crippen LogP contribution in [0.1, 0.15) is 53.0 Å². The first-order chi connectivity index (χ1) is 14.6. The summed E-state index contributed by atoms with van der Waals surface area (Å²) in [7, 11) is 0. The molecule has 0 spiro atoms. The molecule has 154 valence electrons. The third kappa shape index (κ3) is 4.27. The van der Waals surface area contributed by atoms with Crippen molar-refractivity contribution in [3.8, 4) is 0 Å². The van der Waals surface area contributed by atoms with Crippen LogP contribution in [0.15, 0.2) is 60.8 Å². The van der Waals surface area contributed by atoms with Crippen LogP contribution in [0.25, 0.3) is 10.8 Å². The molecule has 1 aliphatic rings. The summed E-state index contributed by atoms with van der Waals surface area (Å²) < 4.78 is 0.509. The highest BCUT2D eigenvalue weighted by atomic mass is 16.5. The predicted octanol–water partition coefficient (Wildman–Crippen LogP) is 4.04. The number of nitrogens with one attached hydrogen (secondary N) is 2. The third-order valence-corrected chi connectivity index (χ3v) is 5.73. The van der Waals surface area contributed by atoms with E-state index in [0.29, 0.717) is 22.8 Å². The van der Waals surface area contributed by atoms with Gasteiger partial charge in [0.25, 0.3) is 5.91 Å². The highest BCUT2D eigenvalue weighted by molar-refractivity contribution is 6.14. The molecule has 1 fully saturated rings. The molecule has 1 aliphatic carbocycles. The molecule has 6 nitrogen and oxygen atoms in total. The van der Waals surface area contributed by atoms with Crippen molar-refractivity contribution in [1.82, 2.24) is 5.32 Å². The minimum Gasteiger partial charge on any atom is -0.618 e. The Balaban J connectivity index is 1.55. The maximum absolute atomic E-state index is 13.0. The highest BCUT2D eigenvalue weighted by Crippen LogP contribution is 2.23. The number of benzene rings is 2. The fraction of sp³-hybridized carbons (Fsp3) is 0.292. The summed E-state index contributed by atoms with van der Waals surface area (Å²) in [6, 6.07) is 16.2. The molecule has 6 heteroatoms. The molecule has 0 atom stereocenters. The van der Waals surface area contributed by atoms with Crippen molar-refractivity contribution >= 4 is 28.3 Å². The van der Waals surface area contributed by atoms with E-state index in [-0.39, 0.29) is 17.3 Å². The van der Waals surface area contributed by atoms with Gasteiger partial charge in [0.05, 0.1) is 0 Å². The minimum absolute atomic E-state index is 0.0955. The van der Waals surface area contributed by atoms with E-state index in [9.17, 15) is 14.8 Å². The van der Waals surface area contributed by atoms with Crippen molar-refractivity contribution < 1.29 is 14.3 Å². The van der Waals surface area contributed by atoms with Crippen LogP contribution in [-0.4, -0.2) is 18.4 Å². The molecule has 1 aromatic heterocycles. The van der Waals surface area contributed by atoms with Gasteiger partial charge in [-0.2, -0.15) is 4.73 Å². The highest BCUT2D eigenvalue weighted by Gasteiger charge is 2.25. The summed E-state index contributed by atoms with van der Waals surface area (Å²) >= 11 is 0. The van der Waals surface area contributed by atoms with Crippen LogP contribution < -0.4 is 15.4 Å². The molecule has 30 heavy (non-hydrogen) atoms. The second-order valence-corrected chi connectivity index (χ2v) is 7.79. The normalized spacial score (nSPS) is 14.4. The van der Waals surface area contributed by atoms with Gasteiger partial charge < -0.3 is 15.8 Å². The van der Waals surface area contributed by atoms with Gasteiger partial charge in [-0.15, -0.1) is 0 Å². The molecular formula is C24H25N3O3. The predicted molar refractivity (Wildman–Crippen MR) is 116 cm³/mol. The lowest BCUT2D eigenvalue weighted by molar-refractivity contribution is -0.607. The summed E-state index contributed by atoms with van der Waals surface area (Å²) in [6.45, 7) is 0.546. The van der Waals surface area contributed by atoms with Crippen LogP contribution in [0.4, 0.5) is 5.69 Å². The van der Waals surface area contributed by atoms with E-state index in [1.165, 1.54) is 31.5 Å². The van der Waals surface area contributed by atoms with Gasteiger partial charge in [-0.3, -0.25) is 9.59 Å². The molecule has 2 aromatic carbocycles. The molecule has 2 N–H and O–H groups in total. The Labute approximate surface area is 175 Å². The van der Waals surface area contributed by atoms with Crippen molar-refractivity contribution in [3.05, 3.63) is 77.3 Å². The fourth-order valence-electron chi connectivity index (χ4n) is 4.14. The third-order valence-electron chi connectivity index (χ3n) is 5.73. The smallest absolute Gasteiger partial charge is 0.319 e. The van der Waals surface area contributed by atoms with Gasteiger partial charge in [0.1, 0.15) is 5.69 Å². The molecule has 4 rings (SSSR count). The zero-order valence-corrected chi connectivity index (χ0v) is 16.8. The number of hydrogen-bond donors (Lipinski definition) is 2. The molecule has 3 aromatic rings. The lowest BCUT2D eigenvalue weighted by atomic mass is 9.89. The molecule has 1 saturated carbocycles. The van der Waals surface area contributed by atoms with Gasteiger partial charge in [-0.25, -0.2) is 0 Å². The van der Waals surface area contributed by atoms with Crippen LogP contribution >= 0.6 is 0 Å². The Morgan fingerprint density at radius 3 is 2.53 bits per heavy atom. The molecule has 2 amide bonds. The maximum atomic E-state index is 13.0. The largest absolute Gasteiger partial charge is 0.618 e. The van der Waals surface area contributed by atoms with Crippen molar-refractivity contribution in [2.75, 3.05) is 11.9 Å². The van der Waals surface area contributed by atoms with Crippen LogP contribution in [0, 0.1) is 11.1 Å². The van der Waals surface area contributed by atoms with Crippen LogP contribution in [0.3, 0.4) is 0 Å². The quantitative estimate of drug-likeness (QED) is 0.498. The van der Waals surface area contributed by atoms with Gasteiger partial charge in [-0.05, 0) is 41.7 Å². The first-order valence-electron chi connectivity index (χ1n) is 10.4. The molecule has 0 saturated heterocycles. The lowest BCUT2D eigenvalue weighted by Gasteiger charge is -2.21. The van der Waals surface area contributed by atoms with E-state index in [1.54, 1.807) is 12.1 Å². The first kappa shape index (κ1) is 19.9. The van der Waals surface area contributed by atoms with Gasteiger partial charge in [0.15, 0.2) is 6.20 Å². The van der Waals surface area contributed by atoms with E-state index in [0.717, 1.165) is 23.6 Å². The number of aromatic nitrogens is 1. The van der Waals surface area contributed by atoms with Crippen LogP contribution in [-0.2, 0) is 0 Å². The number of carbonyl (C=O) groups is 2. The minimum atomic E-state index is -0.468. The van der Waals surface area contributed by atoms with Crippen LogP contribution in [0.5, 0.6) is 0 Å². The van der Waals surface area contributed by atoms with E-state index < -0.39 is 5.91 Å². The standard InChI is InChI=1S/C24H25N3O3/c28-23(20-13-6-11-18-10-4-5-12-19(18)20)26-21-14-7-15-27(30)22(21)24(29)25-16-17-8-2-1-3-9-17/h4-7,10-15,17H,1-3,8-9,16H2,(H,25,29)(H,26,28). The van der Waals surface area contributed by atoms with Crippen molar-refractivity contribution in [2.24, 2.45) is 5.92 Å². The zero-order valence-electron chi connectivity index (χ0n) is 16.8. The summed E-state index contributed by atoms with van der Waals surface area (Å²) in [4.78, 5) is 25.7. The Hall–Kier alpha value is -3.41. The summed E-state index contributed by atoms with van der Waals surface area (Å²) in [5, 5.41) is 19.8. The average molecular weight is 403 g/mol. The Morgan fingerprint density at radius 1 is 0.933 bits per heavy atom. The second-order valence-electron chi connectivity index (χ2n) is 7.79. The van der Waals surface area contributed by atoms with E-state index in [4.69, 9.17) is 0 Å². The van der Waals surface area contributed by atoms with Gasteiger partial charge in [-0.1, -0.05) is 55.7 Å². The van der Waals surface area contributed by atoms with E-state index in [2.05, 4.69) is 10.6 Å². The fourth-order valence-corrected chi connectivity index (χ4v) is 4.14. The zero-order chi connectivity index (χ0) is 20.9. The van der Waals surface area contributed by atoms with Crippen molar-refractivity contribution in [1.29, 1.82) is 0 Å². The second kappa shape index (κ2) is 8.95. The number of hydrogen-bond acceptors (Lipinski definition) is 3. The number of amides is 2. The number of nitrogens with zero attached hydrogens (tertiary/aromatic N) is 1. The summed E-state index contributed by atoms with van der Waals surface area (Å²) in [5.41, 5.74) is 0.594.